The second kappa shape index (κ2) is 9.28. The minimum absolute atomic E-state index is 0.0876. The highest BCUT2D eigenvalue weighted by atomic mass is 35.5. The van der Waals surface area contributed by atoms with E-state index in [9.17, 15) is 19.8 Å². The van der Waals surface area contributed by atoms with Crippen molar-refractivity contribution in [1.82, 2.24) is 4.90 Å². The molecule has 1 saturated heterocycles. The number of carbonyl (C=O) groups is 2. The molecule has 6 atom stereocenters. The number of piperidine rings is 1. The summed E-state index contributed by atoms with van der Waals surface area (Å²) in [4.78, 5) is 27.6. The normalized spacial score (nSPS) is 30.2. The largest absolute Gasteiger partial charge is 0.481 e. The summed E-state index contributed by atoms with van der Waals surface area (Å²) in [6.45, 7) is 3.68. The van der Waals surface area contributed by atoms with Crippen molar-refractivity contribution >= 4 is 35.1 Å². The van der Waals surface area contributed by atoms with Gasteiger partial charge in [0.05, 0.1) is 30.0 Å². The molecule has 1 aliphatic carbocycles. The van der Waals surface area contributed by atoms with Gasteiger partial charge in [-0.15, -0.1) is 0 Å². The summed E-state index contributed by atoms with van der Waals surface area (Å²) in [6, 6.07) is 14.4. The van der Waals surface area contributed by atoms with Gasteiger partial charge < -0.3 is 15.1 Å². The summed E-state index contributed by atoms with van der Waals surface area (Å²) in [7, 11) is 0. The quantitative estimate of drug-likeness (QED) is 0.534. The van der Waals surface area contributed by atoms with Gasteiger partial charge in [-0.2, -0.15) is 0 Å². The van der Waals surface area contributed by atoms with Crippen molar-refractivity contribution in [2.75, 3.05) is 6.61 Å². The number of carbonyl (C=O) groups excluding carboxylic acids is 1. The molecule has 0 bridgehead atoms. The van der Waals surface area contributed by atoms with Gasteiger partial charge >= 0.3 is 5.97 Å². The molecule has 33 heavy (non-hydrogen) atoms. The van der Waals surface area contributed by atoms with Crippen LogP contribution in [0.25, 0.3) is 0 Å². The van der Waals surface area contributed by atoms with Gasteiger partial charge in [-0.1, -0.05) is 61.3 Å². The highest BCUT2D eigenvalue weighted by Crippen LogP contribution is 2.61. The number of halogens is 2. The van der Waals surface area contributed by atoms with Crippen LogP contribution in [-0.4, -0.2) is 39.6 Å². The number of amides is 1. The number of hydrogen-bond acceptors (Lipinski definition) is 3. The first-order chi connectivity index (χ1) is 15.7. The van der Waals surface area contributed by atoms with Crippen molar-refractivity contribution in [3.05, 3.63) is 69.7 Å². The zero-order valence-electron chi connectivity index (χ0n) is 18.7. The van der Waals surface area contributed by atoms with Crippen LogP contribution >= 0.6 is 23.2 Å². The summed E-state index contributed by atoms with van der Waals surface area (Å²) < 4.78 is 0. The highest BCUT2D eigenvalue weighted by molar-refractivity contribution is 6.30. The third-order valence-electron chi connectivity index (χ3n) is 7.54. The lowest BCUT2D eigenvalue weighted by molar-refractivity contribution is -0.158. The molecule has 176 valence electrons. The minimum Gasteiger partial charge on any atom is -0.481 e. The molecule has 2 aromatic carbocycles. The van der Waals surface area contributed by atoms with E-state index in [1.165, 1.54) is 0 Å². The number of nitrogens with zero attached hydrogens (tertiary/aromatic N) is 1. The first kappa shape index (κ1) is 24.1. The first-order valence-corrected chi connectivity index (χ1v) is 12.1. The van der Waals surface area contributed by atoms with Gasteiger partial charge in [0.15, 0.2) is 0 Å². The van der Waals surface area contributed by atoms with E-state index in [0.717, 1.165) is 11.1 Å². The van der Waals surface area contributed by atoms with Gasteiger partial charge in [0.25, 0.3) is 0 Å². The average molecular weight is 490 g/mol. The Bertz CT molecular complexity index is 1040. The van der Waals surface area contributed by atoms with Crippen LogP contribution in [0.3, 0.4) is 0 Å². The van der Waals surface area contributed by atoms with Gasteiger partial charge in [-0.3, -0.25) is 9.59 Å². The van der Waals surface area contributed by atoms with Crippen LogP contribution in [0, 0.1) is 17.3 Å². The van der Waals surface area contributed by atoms with E-state index in [2.05, 4.69) is 0 Å². The van der Waals surface area contributed by atoms with E-state index in [4.69, 9.17) is 23.2 Å². The number of carboxylic acid groups (broad SMARTS) is 1. The molecule has 1 aliphatic heterocycles. The topological polar surface area (TPSA) is 77.8 Å². The van der Waals surface area contributed by atoms with E-state index in [1.807, 2.05) is 67.3 Å². The summed E-state index contributed by atoms with van der Waals surface area (Å²) >= 11 is 12.5. The van der Waals surface area contributed by atoms with Crippen molar-refractivity contribution in [2.24, 2.45) is 17.3 Å². The van der Waals surface area contributed by atoms with Gasteiger partial charge in [0, 0.05) is 16.0 Å². The predicted molar refractivity (Wildman–Crippen MR) is 128 cm³/mol. The maximum atomic E-state index is 14.1. The Morgan fingerprint density at radius 3 is 2.39 bits per heavy atom. The Morgan fingerprint density at radius 2 is 1.85 bits per heavy atom. The van der Waals surface area contributed by atoms with E-state index in [-0.39, 0.29) is 36.4 Å². The number of hydrogen-bond donors (Lipinski definition) is 2. The Labute approximate surface area is 204 Å². The monoisotopic (exact) mass is 489 g/mol. The van der Waals surface area contributed by atoms with Crippen LogP contribution in [-0.2, 0) is 9.59 Å². The Kier molecular flexibility index (Phi) is 6.77. The summed E-state index contributed by atoms with van der Waals surface area (Å²) in [5.41, 5.74) is 1.07. The molecule has 0 aromatic heterocycles. The number of carboxylic acids is 1. The van der Waals surface area contributed by atoms with Crippen molar-refractivity contribution in [3.8, 4) is 0 Å². The van der Waals surface area contributed by atoms with Crippen LogP contribution < -0.4 is 0 Å². The number of aliphatic hydroxyl groups excluding tert-OH is 1. The summed E-state index contributed by atoms with van der Waals surface area (Å²) in [5.74, 6) is -1.80. The second-order valence-corrected chi connectivity index (χ2v) is 10.4. The lowest BCUT2D eigenvalue weighted by Gasteiger charge is -2.52. The molecule has 4 rings (SSSR count). The van der Waals surface area contributed by atoms with Crippen LogP contribution in [0.5, 0.6) is 0 Å². The highest BCUT2D eigenvalue weighted by Gasteiger charge is 2.62. The third-order valence-corrected chi connectivity index (χ3v) is 8.02. The average Bonchev–Trinajstić information content (AvgIpc) is 3.60. The van der Waals surface area contributed by atoms with Crippen molar-refractivity contribution in [3.63, 3.8) is 0 Å². The molecule has 2 aliphatic rings. The second-order valence-electron chi connectivity index (χ2n) is 9.52. The van der Waals surface area contributed by atoms with E-state index in [0.29, 0.717) is 29.3 Å². The third kappa shape index (κ3) is 4.39. The summed E-state index contributed by atoms with van der Waals surface area (Å²) in [5, 5.41) is 21.1. The fraction of sp³-hybridized carbons (Fsp3) is 0.462. The van der Waals surface area contributed by atoms with Crippen molar-refractivity contribution in [2.45, 2.75) is 51.1 Å². The fourth-order valence-corrected chi connectivity index (χ4v) is 5.97. The molecule has 2 aromatic rings. The van der Waals surface area contributed by atoms with Crippen molar-refractivity contribution < 1.29 is 19.8 Å². The molecule has 2 unspecified atom stereocenters. The van der Waals surface area contributed by atoms with Gasteiger partial charge in [0.1, 0.15) is 0 Å². The standard InChI is InChI=1S/C26H29Cl2NO4/c1-3-19(14-30)29-23(15-7-9-17(27)10-8-15)21(16-5-4-6-18(28)11-16)13-26(2,25(29)33)22-12-20(22)24(31)32/h4-11,19-23,30H,3,12-14H2,1-2H3,(H,31,32)/t19-,20?,21+,22?,23+,26-/m0/s1. The number of likely N-dealkylation sites (tertiary alicyclic amines) is 1. The number of rotatable bonds is 7. The molecule has 0 radical (unpaired) electrons. The molecule has 2 fully saturated rings. The zero-order chi connectivity index (χ0) is 23.9. The first-order valence-electron chi connectivity index (χ1n) is 11.4. The fourth-order valence-electron chi connectivity index (χ4n) is 5.65. The lowest BCUT2D eigenvalue weighted by Crippen LogP contribution is -2.57. The van der Waals surface area contributed by atoms with Crippen LogP contribution in [0.2, 0.25) is 10.0 Å². The molecular formula is C26H29Cl2NO4. The number of aliphatic hydroxyl groups is 1. The van der Waals surface area contributed by atoms with E-state index in [1.54, 1.807) is 0 Å². The van der Waals surface area contributed by atoms with Crippen LogP contribution in [0.4, 0.5) is 0 Å². The maximum Gasteiger partial charge on any atom is 0.306 e. The minimum atomic E-state index is -0.853. The molecule has 2 N–H and O–H groups in total. The van der Waals surface area contributed by atoms with E-state index < -0.39 is 17.3 Å². The molecule has 1 saturated carbocycles. The van der Waals surface area contributed by atoms with Gasteiger partial charge in [-0.25, -0.2) is 0 Å². The smallest absolute Gasteiger partial charge is 0.306 e. The Morgan fingerprint density at radius 1 is 1.15 bits per heavy atom. The van der Waals surface area contributed by atoms with Crippen LogP contribution in [0.1, 0.15) is 56.2 Å². The number of aliphatic carboxylic acids is 1. The lowest BCUT2D eigenvalue weighted by atomic mass is 9.65. The van der Waals surface area contributed by atoms with E-state index >= 15 is 0 Å². The molecule has 5 nitrogen and oxygen atoms in total. The Hall–Kier alpha value is -2.08. The summed E-state index contributed by atoms with van der Waals surface area (Å²) in [6.07, 6.45) is 1.58. The molecule has 0 spiro atoms. The maximum absolute atomic E-state index is 14.1. The Balaban J connectivity index is 1.88. The molecule has 7 heteroatoms. The SMILES string of the molecule is CC[C@@H](CO)N1C(=O)[C@](C)(C2CC2C(=O)O)C[C@H](c2cccc(Cl)c2)[C@H]1c1ccc(Cl)cc1. The molecular weight excluding hydrogens is 461 g/mol. The zero-order valence-corrected chi connectivity index (χ0v) is 20.3. The van der Waals surface area contributed by atoms with Crippen LogP contribution in [0.15, 0.2) is 48.5 Å². The number of benzene rings is 2. The van der Waals surface area contributed by atoms with Gasteiger partial charge in [-0.05, 0) is 60.6 Å². The molecule has 1 heterocycles. The van der Waals surface area contributed by atoms with Gasteiger partial charge in [0.2, 0.25) is 5.91 Å². The van der Waals surface area contributed by atoms with Crippen molar-refractivity contribution in [1.29, 1.82) is 0 Å². The molecule has 1 amide bonds. The predicted octanol–water partition coefficient (Wildman–Crippen LogP) is 5.55.